The van der Waals surface area contributed by atoms with Gasteiger partial charge >= 0.3 is 0 Å². The van der Waals surface area contributed by atoms with Crippen LogP contribution < -0.4 is 5.32 Å². The Kier molecular flexibility index (Phi) is 9.51. The van der Waals surface area contributed by atoms with Gasteiger partial charge in [0.25, 0.3) is 0 Å². The van der Waals surface area contributed by atoms with E-state index in [4.69, 9.17) is 0 Å². The highest BCUT2D eigenvalue weighted by Gasteiger charge is 2.29. The van der Waals surface area contributed by atoms with E-state index in [1.54, 1.807) is 17.0 Å². The van der Waals surface area contributed by atoms with Crippen molar-refractivity contribution < 1.29 is 14.0 Å². The minimum atomic E-state index is -0.619. The van der Waals surface area contributed by atoms with Gasteiger partial charge in [0.15, 0.2) is 0 Å². The molecule has 3 aromatic carbocycles. The molecule has 0 spiro atoms. The third-order valence-electron chi connectivity index (χ3n) is 5.23. The number of benzene rings is 3. The Balaban J connectivity index is 1.79. The molecule has 0 aliphatic carbocycles. The van der Waals surface area contributed by atoms with Gasteiger partial charge in [-0.05, 0) is 35.7 Å². The standard InChI is InChI=1S/C27H29FN2O2S/c1-2-29-27(32)25(17-21-9-5-3-6-10-21)30(18-22-11-7-4-8-12-22)26(31)20-33-19-23-13-15-24(28)16-14-23/h3-16,25H,2,17-20H2,1H3,(H,29,32)/t25-/m0/s1. The largest absolute Gasteiger partial charge is 0.355 e. The van der Waals surface area contributed by atoms with Gasteiger partial charge in [0, 0.05) is 25.3 Å². The summed E-state index contributed by atoms with van der Waals surface area (Å²) in [4.78, 5) is 28.1. The van der Waals surface area contributed by atoms with Crippen molar-refractivity contribution in [3.8, 4) is 0 Å². The van der Waals surface area contributed by atoms with E-state index in [2.05, 4.69) is 5.32 Å². The van der Waals surface area contributed by atoms with Gasteiger partial charge in [0.1, 0.15) is 11.9 Å². The van der Waals surface area contributed by atoms with Crippen LogP contribution in [0.15, 0.2) is 84.9 Å². The van der Waals surface area contributed by atoms with Crippen molar-refractivity contribution >= 4 is 23.6 Å². The molecule has 0 saturated heterocycles. The molecule has 33 heavy (non-hydrogen) atoms. The summed E-state index contributed by atoms with van der Waals surface area (Å²) in [5, 5.41) is 2.90. The summed E-state index contributed by atoms with van der Waals surface area (Å²) >= 11 is 1.46. The SMILES string of the molecule is CCNC(=O)[C@H](Cc1ccccc1)N(Cc1ccccc1)C(=O)CSCc1ccc(F)cc1. The van der Waals surface area contributed by atoms with Crippen molar-refractivity contribution in [2.45, 2.75) is 31.7 Å². The monoisotopic (exact) mass is 464 g/mol. The minimum absolute atomic E-state index is 0.0989. The fraction of sp³-hybridized carbons (Fsp3) is 0.259. The van der Waals surface area contributed by atoms with Gasteiger partial charge in [-0.1, -0.05) is 72.8 Å². The number of thioether (sulfide) groups is 1. The highest BCUT2D eigenvalue weighted by atomic mass is 32.2. The van der Waals surface area contributed by atoms with Crippen molar-refractivity contribution in [3.63, 3.8) is 0 Å². The van der Waals surface area contributed by atoms with Crippen molar-refractivity contribution in [1.29, 1.82) is 0 Å². The van der Waals surface area contributed by atoms with Crippen LogP contribution in [-0.2, 0) is 28.3 Å². The summed E-state index contributed by atoms with van der Waals surface area (Å²) in [6.45, 7) is 2.72. The lowest BCUT2D eigenvalue weighted by atomic mass is 10.0. The first kappa shape index (κ1) is 24.5. The van der Waals surface area contributed by atoms with Crippen LogP contribution in [0.4, 0.5) is 4.39 Å². The second-order valence-electron chi connectivity index (χ2n) is 7.73. The molecule has 3 aromatic rings. The first-order valence-corrected chi connectivity index (χ1v) is 12.2. The van der Waals surface area contributed by atoms with Gasteiger partial charge in [-0.2, -0.15) is 0 Å². The smallest absolute Gasteiger partial charge is 0.243 e. The number of amides is 2. The van der Waals surface area contributed by atoms with Crippen LogP contribution in [0.3, 0.4) is 0 Å². The zero-order chi connectivity index (χ0) is 23.5. The molecule has 0 aliphatic rings. The summed E-state index contributed by atoms with van der Waals surface area (Å²) in [5.41, 5.74) is 2.92. The normalized spacial score (nSPS) is 11.6. The van der Waals surface area contributed by atoms with Crippen molar-refractivity contribution in [1.82, 2.24) is 10.2 Å². The lowest BCUT2D eigenvalue weighted by Gasteiger charge is -2.31. The third kappa shape index (κ3) is 7.75. The molecule has 0 radical (unpaired) electrons. The molecular formula is C27H29FN2O2S. The minimum Gasteiger partial charge on any atom is -0.355 e. The van der Waals surface area contributed by atoms with E-state index in [9.17, 15) is 14.0 Å². The third-order valence-corrected chi connectivity index (χ3v) is 6.21. The molecule has 0 bridgehead atoms. The summed E-state index contributed by atoms with van der Waals surface area (Å²) in [5.74, 6) is 0.289. The van der Waals surface area contributed by atoms with Crippen LogP contribution in [0, 0.1) is 5.82 Å². The highest BCUT2D eigenvalue weighted by molar-refractivity contribution is 7.99. The van der Waals surface area contributed by atoms with Gasteiger partial charge in [-0.15, -0.1) is 11.8 Å². The number of hydrogen-bond donors (Lipinski definition) is 1. The molecule has 172 valence electrons. The van der Waals surface area contributed by atoms with Gasteiger partial charge in [0.05, 0.1) is 5.75 Å². The lowest BCUT2D eigenvalue weighted by molar-refractivity contribution is -0.139. The molecule has 1 atom stereocenters. The summed E-state index contributed by atoms with van der Waals surface area (Å²) in [6.07, 6.45) is 0.438. The number of hydrogen-bond acceptors (Lipinski definition) is 3. The van der Waals surface area contributed by atoms with Gasteiger partial charge in [-0.3, -0.25) is 9.59 Å². The highest BCUT2D eigenvalue weighted by Crippen LogP contribution is 2.18. The fourth-order valence-electron chi connectivity index (χ4n) is 3.55. The molecule has 2 amide bonds. The van der Waals surface area contributed by atoms with Crippen LogP contribution in [0.5, 0.6) is 0 Å². The van der Waals surface area contributed by atoms with E-state index < -0.39 is 6.04 Å². The fourth-order valence-corrected chi connectivity index (χ4v) is 4.42. The first-order chi connectivity index (χ1) is 16.1. The predicted molar refractivity (Wildman–Crippen MR) is 132 cm³/mol. The Labute approximate surface area is 199 Å². The number of carbonyl (C=O) groups excluding carboxylic acids is 2. The van der Waals surface area contributed by atoms with E-state index in [1.807, 2.05) is 67.6 Å². The Morgan fingerprint density at radius 3 is 2.09 bits per heavy atom. The number of nitrogens with zero attached hydrogens (tertiary/aromatic N) is 1. The topological polar surface area (TPSA) is 49.4 Å². The maximum atomic E-state index is 13.4. The number of likely N-dealkylation sites (N-methyl/N-ethyl adjacent to an activating group) is 1. The van der Waals surface area contributed by atoms with Crippen LogP contribution in [0.2, 0.25) is 0 Å². The van der Waals surface area contributed by atoms with E-state index in [0.29, 0.717) is 25.3 Å². The zero-order valence-electron chi connectivity index (χ0n) is 18.7. The molecular weight excluding hydrogens is 435 g/mol. The van der Waals surface area contributed by atoms with Crippen LogP contribution >= 0.6 is 11.8 Å². The maximum absolute atomic E-state index is 13.4. The Morgan fingerprint density at radius 2 is 1.48 bits per heavy atom. The Morgan fingerprint density at radius 1 is 0.879 bits per heavy atom. The molecule has 0 unspecified atom stereocenters. The number of rotatable bonds is 11. The number of nitrogens with one attached hydrogen (secondary N) is 1. The zero-order valence-corrected chi connectivity index (χ0v) is 19.6. The molecule has 0 saturated carbocycles. The van der Waals surface area contributed by atoms with Crippen LogP contribution in [-0.4, -0.2) is 35.1 Å². The Bertz CT molecular complexity index is 1010. The van der Waals surface area contributed by atoms with E-state index >= 15 is 0 Å². The average molecular weight is 465 g/mol. The molecule has 4 nitrogen and oxygen atoms in total. The first-order valence-electron chi connectivity index (χ1n) is 11.0. The number of halogens is 1. The van der Waals surface area contributed by atoms with Crippen LogP contribution in [0.25, 0.3) is 0 Å². The van der Waals surface area contributed by atoms with Crippen LogP contribution in [0.1, 0.15) is 23.6 Å². The molecule has 0 fully saturated rings. The summed E-state index contributed by atoms with van der Waals surface area (Å²) in [7, 11) is 0. The predicted octanol–water partition coefficient (Wildman–Crippen LogP) is 4.84. The Hall–Kier alpha value is -3.12. The summed E-state index contributed by atoms with van der Waals surface area (Å²) in [6, 6.07) is 25.1. The number of carbonyl (C=O) groups is 2. The van der Waals surface area contributed by atoms with Crippen molar-refractivity contribution in [2.24, 2.45) is 0 Å². The molecule has 0 aliphatic heterocycles. The second kappa shape index (κ2) is 12.8. The molecule has 0 heterocycles. The second-order valence-corrected chi connectivity index (χ2v) is 8.71. The van der Waals surface area contributed by atoms with E-state index in [0.717, 1.165) is 16.7 Å². The maximum Gasteiger partial charge on any atom is 0.243 e. The molecule has 6 heteroatoms. The van der Waals surface area contributed by atoms with E-state index in [-0.39, 0.29) is 23.4 Å². The van der Waals surface area contributed by atoms with E-state index in [1.165, 1.54) is 23.9 Å². The van der Waals surface area contributed by atoms with Gasteiger partial charge in [0.2, 0.25) is 11.8 Å². The molecule has 0 aromatic heterocycles. The van der Waals surface area contributed by atoms with Crippen molar-refractivity contribution in [2.75, 3.05) is 12.3 Å². The lowest BCUT2D eigenvalue weighted by Crippen LogP contribution is -2.51. The van der Waals surface area contributed by atoms with Gasteiger partial charge < -0.3 is 10.2 Å². The van der Waals surface area contributed by atoms with Gasteiger partial charge in [-0.25, -0.2) is 4.39 Å². The molecule has 3 rings (SSSR count). The quantitative estimate of drug-likeness (QED) is 0.442. The average Bonchev–Trinajstić information content (AvgIpc) is 2.84. The van der Waals surface area contributed by atoms with Crippen molar-refractivity contribution in [3.05, 3.63) is 107 Å². The molecule has 1 N–H and O–H groups in total. The summed E-state index contributed by atoms with van der Waals surface area (Å²) < 4.78 is 13.2.